The fraction of sp³-hybridized carbons (Fsp3) is 0.500. The molecule has 1 fully saturated rings. The van der Waals surface area contributed by atoms with Gasteiger partial charge < -0.3 is 10.0 Å². The first-order chi connectivity index (χ1) is 9.15. The van der Waals surface area contributed by atoms with Crippen LogP contribution in [0.15, 0.2) is 28.7 Å². The molecule has 0 atom stereocenters. The average molecular weight is 327 g/mol. The smallest absolute Gasteiger partial charge is 0.407 e. The summed E-state index contributed by atoms with van der Waals surface area (Å²) in [7, 11) is 0. The third kappa shape index (κ3) is 4.51. The Morgan fingerprint density at radius 2 is 2.00 bits per heavy atom. The summed E-state index contributed by atoms with van der Waals surface area (Å²) in [6.45, 7) is 4.01. The van der Waals surface area contributed by atoms with Crippen LogP contribution in [0, 0.1) is 0 Å². The molecular weight excluding hydrogens is 308 g/mol. The Balaban J connectivity index is 1.68. The van der Waals surface area contributed by atoms with Crippen molar-refractivity contribution >= 4 is 22.0 Å². The van der Waals surface area contributed by atoms with Gasteiger partial charge in [-0.3, -0.25) is 4.90 Å². The number of piperazine rings is 1. The van der Waals surface area contributed by atoms with Crippen LogP contribution in [-0.2, 0) is 6.42 Å². The maximum absolute atomic E-state index is 10.8. The first-order valence-electron chi connectivity index (χ1n) is 6.60. The highest BCUT2D eigenvalue weighted by molar-refractivity contribution is 9.10. The number of amides is 1. The Bertz CT molecular complexity index is 431. The van der Waals surface area contributed by atoms with Crippen molar-refractivity contribution in [1.82, 2.24) is 9.80 Å². The lowest BCUT2D eigenvalue weighted by atomic mass is 10.1. The number of halogens is 1. The summed E-state index contributed by atoms with van der Waals surface area (Å²) in [5.74, 6) is 0. The van der Waals surface area contributed by atoms with Crippen molar-refractivity contribution in [3.8, 4) is 0 Å². The van der Waals surface area contributed by atoms with Crippen molar-refractivity contribution in [1.29, 1.82) is 0 Å². The minimum absolute atomic E-state index is 0.631. The van der Waals surface area contributed by atoms with E-state index in [4.69, 9.17) is 5.11 Å². The quantitative estimate of drug-likeness (QED) is 0.925. The summed E-state index contributed by atoms with van der Waals surface area (Å²) < 4.78 is 1.13. The van der Waals surface area contributed by atoms with Gasteiger partial charge in [0, 0.05) is 30.7 Å². The normalized spacial score (nSPS) is 16.6. The molecule has 4 nitrogen and oxygen atoms in total. The van der Waals surface area contributed by atoms with Gasteiger partial charge >= 0.3 is 6.09 Å². The van der Waals surface area contributed by atoms with Crippen molar-refractivity contribution in [2.24, 2.45) is 0 Å². The highest BCUT2D eigenvalue weighted by Crippen LogP contribution is 2.13. The van der Waals surface area contributed by atoms with Crippen LogP contribution >= 0.6 is 15.9 Å². The summed E-state index contributed by atoms with van der Waals surface area (Å²) in [5, 5.41) is 8.88. The molecule has 1 amide bonds. The molecule has 0 aliphatic carbocycles. The number of carboxylic acid groups (broad SMARTS) is 1. The van der Waals surface area contributed by atoms with Crippen LogP contribution in [0.3, 0.4) is 0 Å². The van der Waals surface area contributed by atoms with Crippen molar-refractivity contribution in [3.05, 3.63) is 34.3 Å². The summed E-state index contributed by atoms with van der Waals surface area (Å²) in [6.07, 6.45) is 1.39. The van der Waals surface area contributed by atoms with Crippen molar-refractivity contribution < 1.29 is 9.90 Å². The van der Waals surface area contributed by atoms with Gasteiger partial charge in [0.15, 0.2) is 0 Å². The van der Waals surface area contributed by atoms with Crippen LogP contribution in [0.2, 0.25) is 0 Å². The van der Waals surface area contributed by atoms with Crippen LogP contribution in [0.4, 0.5) is 4.79 Å². The van der Waals surface area contributed by atoms with Gasteiger partial charge in [0.25, 0.3) is 0 Å². The van der Waals surface area contributed by atoms with Gasteiger partial charge in [-0.25, -0.2) is 4.79 Å². The van der Waals surface area contributed by atoms with E-state index in [0.717, 1.165) is 36.9 Å². The molecule has 0 spiro atoms. The molecule has 0 unspecified atom stereocenters. The third-order valence-electron chi connectivity index (χ3n) is 3.47. The van der Waals surface area contributed by atoms with Crippen LogP contribution in [0.1, 0.15) is 12.0 Å². The molecule has 2 rings (SSSR count). The molecule has 1 N–H and O–H groups in total. The first-order valence-corrected chi connectivity index (χ1v) is 7.39. The van der Waals surface area contributed by atoms with Crippen molar-refractivity contribution in [3.63, 3.8) is 0 Å². The molecule has 1 aliphatic heterocycles. The molecule has 1 aliphatic rings. The minimum atomic E-state index is -0.797. The number of benzene rings is 1. The lowest BCUT2D eigenvalue weighted by Gasteiger charge is -2.33. The Morgan fingerprint density at radius 3 is 2.63 bits per heavy atom. The van der Waals surface area contributed by atoms with Crippen LogP contribution in [0.25, 0.3) is 0 Å². The van der Waals surface area contributed by atoms with Gasteiger partial charge in [-0.2, -0.15) is 0 Å². The molecule has 0 aromatic heterocycles. The van der Waals surface area contributed by atoms with Crippen LogP contribution in [0.5, 0.6) is 0 Å². The Morgan fingerprint density at radius 1 is 1.26 bits per heavy atom. The molecule has 19 heavy (non-hydrogen) atoms. The van der Waals surface area contributed by atoms with Gasteiger partial charge in [0.05, 0.1) is 0 Å². The predicted octanol–water partition coefficient (Wildman–Crippen LogP) is 2.68. The molecule has 0 bridgehead atoms. The molecule has 1 heterocycles. The van der Waals surface area contributed by atoms with Gasteiger partial charge in [0.1, 0.15) is 0 Å². The maximum atomic E-state index is 10.8. The van der Waals surface area contributed by atoms with Crippen LogP contribution in [-0.4, -0.2) is 53.7 Å². The predicted molar refractivity (Wildman–Crippen MR) is 78.5 cm³/mol. The molecule has 104 valence electrons. The van der Waals surface area contributed by atoms with Gasteiger partial charge in [0.2, 0.25) is 0 Å². The van der Waals surface area contributed by atoms with Crippen molar-refractivity contribution in [2.75, 3.05) is 32.7 Å². The van der Waals surface area contributed by atoms with E-state index in [1.165, 1.54) is 10.5 Å². The van der Waals surface area contributed by atoms with E-state index in [1.54, 1.807) is 0 Å². The van der Waals surface area contributed by atoms with Crippen molar-refractivity contribution in [2.45, 2.75) is 12.8 Å². The third-order valence-corrected chi connectivity index (χ3v) is 3.96. The fourth-order valence-electron chi connectivity index (χ4n) is 2.36. The molecule has 5 heteroatoms. The summed E-state index contributed by atoms with van der Waals surface area (Å²) in [5.41, 5.74) is 1.35. The van der Waals surface area contributed by atoms with Gasteiger partial charge in [-0.15, -0.1) is 0 Å². The molecule has 0 radical (unpaired) electrons. The van der Waals surface area contributed by atoms with E-state index in [1.807, 2.05) is 6.07 Å². The Hall–Kier alpha value is -1.07. The second-order valence-corrected chi connectivity index (χ2v) is 5.76. The number of rotatable bonds is 4. The van der Waals surface area contributed by atoms with Gasteiger partial charge in [-0.05, 0) is 37.1 Å². The average Bonchev–Trinajstić information content (AvgIpc) is 2.39. The number of hydrogen-bond acceptors (Lipinski definition) is 2. The Kier molecular flexibility index (Phi) is 5.22. The molecule has 1 saturated heterocycles. The molecule has 0 saturated carbocycles. The number of hydrogen-bond donors (Lipinski definition) is 1. The lowest BCUT2D eigenvalue weighted by molar-refractivity contribution is 0.105. The highest BCUT2D eigenvalue weighted by Gasteiger charge is 2.19. The highest BCUT2D eigenvalue weighted by atomic mass is 79.9. The zero-order valence-electron chi connectivity index (χ0n) is 10.9. The standard InChI is InChI=1S/C14H19BrN2O2/c15-13-5-1-3-12(11-13)4-2-6-16-7-9-17(10-8-16)14(18)19/h1,3,5,11H,2,4,6-10H2,(H,18,19). The molecular formula is C14H19BrN2O2. The largest absolute Gasteiger partial charge is 0.465 e. The van der Waals surface area contributed by atoms with E-state index < -0.39 is 6.09 Å². The van der Waals surface area contributed by atoms with E-state index in [0.29, 0.717) is 13.1 Å². The van der Waals surface area contributed by atoms with Gasteiger partial charge in [-0.1, -0.05) is 28.1 Å². The van der Waals surface area contributed by atoms with E-state index in [-0.39, 0.29) is 0 Å². The maximum Gasteiger partial charge on any atom is 0.407 e. The topological polar surface area (TPSA) is 43.8 Å². The van der Waals surface area contributed by atoms with E-state index >= 15 is 0 Å². The monoisotopic (exact) mass is 326 g/mol. The minimum Gasteiger partial charge on any atom is -0.465 e. The second-order valence-electron chi connectivity index (χ2n) is 4.84. The summed E-state index contributed by atoms with van der Waals surface area (Å²) in [6, 6.07) is 8.40. The SMILES string of the molecule is O=C(O)N1CCN(CCCc2cccc(Br)c2)CC1. The molecule has 1 aromatic carbocycles. The Labute approximate surface area is 122 Å². The van der Waals surface area contributed by atoms with E-state index in [2.05, 4.69) is 39.0 Å². The summed E-state index contributed by atoms with van der Waals surface area (Å²) in [4.78, 5) is 14.6. The zero-order valence-corrected chi connectivity index (χ0v) is 12.5. The second kappa shape index (κ2) is 6.91. The summed E-state index contributed by atoms with van der Waals surface area (Å²) >= 11 is 3.48. The fourth-order valence-corrected chi connectivity index (χ4v) is 2.81. The van der Waals surface area contributed by atoms with E-state index in [9.17, 15) is 4.79 Å². The lowest BCUT2D eigenvalue weighted by Crippen LogP contribution is -2.48. The number of nitrogens with zero attached hydrogens (tertiary/aromatic N) is 2. The van der Waals surface area contributed by atoms with Crippen LogP contribution < -0.4 is 0 Å². The zero-order chi connectivity index (χ0) is 13.7. The first kappa shape index (κ1) is 14.3. The molecule has 1 aromatic rings. The number of carbonyl (C=O) groups is 1. The number of aryl methyl sites for hydroxylation is 1.